The normalized spacial score (nSPS) is 12.4. The summed E-state index contributed by atoms with van der Waals surface area (Å²) in [4.78, 5) is 24.6. The van der Waals surface area contributed by atoms with E-state index in [4.69, 9.17) is 4.74 Å². The number of hydrogen-bond acceptors (Lipinski definition) is 5. The van der Waals surface area contributed by atoms with E-state index < -0.39 is 12.1 Å². The average Bonchev–Trinajstić information content (AvgIpc) is 3.43. The quantitative estimate of drug-likeness (QED) is 0.0417. The Morgan fingerprint density at radius 1 is 0.312 bits per heavy atom. The van der Waals surface area contributed by atoms with Gasteiger partial charge in [0.25, 0.3) is 0 Å². The molecule has 2 unspecified atom stereocenters. The van der Waals surface area contributed by atoms with Crippen molar-refractivity contribution in [3.05, 3.63) is 0 Å². The van der Waals surface area contributed by atoms with Crippen LogP contribution in [0.1, 0.15) is 418 Å². The molecular weight excluding hydrogens is 947 g/mol. The molecule has 3 N–H and O–H groups in total. The van der Waals surface area contributed by atoms with Gasteiger partial charge in [-0.3, -0.25) is 9.59 Å². The molecular formula is C71H141NO5. The fourth-order valence-electron chi connectivity index (χ4n) is 11.7. The maximum atomic E-state index is 12.5. The molecule has 0 fully saturated rings. The second-order valence-corrected chi connectivity index (χ2v) is 24.9. The number of nitrogens with one attached hydrogen (secondary N) is 1. The minimum absolute atomic E-state index is 0.0201. The molecule has 0 spiro atoms. The van der Waals surface area contributed by atoms with Gasteiger partial charge in [0.1, 0.15) is 0 Å². The van der Waals surface area contributed by atoms with Crippen molar-refractivity contribution in [3.8, 4) is 0 Å². The van der Waals surface area contributed by atoms with Gasteiger partial charge in [-0.2, -0.15) is 0 Å². The summed E-state index contributed by atoms with van der Waals surface area (Å²) in [5, 5.41) is 23.4. The van der Waals surface area contributed by atoms with Gasteiger partial charge in [-0.05, 0) is 25.7 Å². The predicted molar refractivity (Wildman–Crippen MR) is 338 cm³/mol. The fraction of sp³-hybridized carbons (Fsp3) is 0.972. The average molecular weight is 1090 g/mol. The van der Waals surface area contributed by atoms with E-state index in [1.54, 1.807) is 0 Å². The molecule has 6 nitrogen and oxygen atoms in total. The van der Waals surface area contributed by atoms with Crippen LogP contribution in [0, 0.1) is 0 Å². The Morgan fingerprint density at radius 2 is 0.532 bits per heavy atom. The van der Waals surface area contributed by atoms with Crippen LogP contribution < -0.4 is 5.32 Å². The molecule has 0 rings (SSSR count). The summed E-state index contributed by atoms with van der Waals surface area (Å²) < 4.78 is 5.48. The lowest BCUT2D eigenvalue weighted by Gasteiger charge is -2.22. The van der Waals surface area contributed by atoms with Gasteiger partial charge in [-0.15, -0.1) is 0 Å². The second kappa shape index (κ2) is 67.4. The lowest BCUT2D eigenvalue weighted by Crippen LogP contribution is -2.45. The van der Waals surface area contributed by atoms with Gasteiger partial charge >= 0.3 is 5.97 Å². The van der Waals surface area contributed by atoms with Crippen molar-refractivity contribution in [1.29, 1.82) is 0 Å². The second-order valence-electron chi connectivity index (χ2n) is 24.9. The summed E-state index contributed by atoms with van der Waals surface area (Å²) in [7, 11) is 0. The first kappa shape index (κ1) is 75.9. The number of aliphatic hydroxyl groups is 2. The SMILES string of the molecule is CCCCCCCCCCCCCCCCCCCCCCCC(O)C(CO)NC(=O)CCCCCCCCCCCCCCCCCCCCCCCCCCCCCOC(=O)CCCCCCCCCCCCCC. The minimum atomic E-state index is -0.662. The first-order valence-corrected chi connectivity index (χ1v) is 35.8. The Bertz CT molecular complexity index is 1120. The molecule has 0 aromatic heterocycles. The first-order chi connectivity index (χ1) is 38.0. The molecule has 0 aromatic rings. The number of aliphatic hydroxyl groups excluding tert-OH is 2. The molecule has 2 atom stereocenters. The molecule has 0 bridgehead atoms. The molecule has 0 saturated heterocycles. The van der Waals surface area contributed by atoms with Crippen LogP contribution in [0.25, 0.3) is 0 Å². The summed E-state index contributed by atoms with van der Waals surface area (Å²) >= 11 is 0. The molecule has 77 heavy (non-hydrogen) atoms. The standard InChI is InChI=1S/C71H141NO5/c1-3-5-7-9-11-13-15-17-18-19-20-28-31-34-37-40-43-47-51-55-59-63-69(74)68(67-73)72-70(75)64-60-56-52-48-44-41-38-35-32-29-26-24-22-21-23-25-27-30-33-36-39-42-46-50-54-58-62-66-77-71(76)65-61-57-53-49-45-16-14-12-10-8-6-4-2/h68-69,73-74H,3-67H2,1-2H3,(H,72,75). The van der Waals surface area contributed by atoms with Crippen LogP contribution in [0.2, 0.25) is 0 Å². The van der Waals surface area contributed by atoms with Crippen LogP contribution in [0.4, 0.5) is 0 Å². The van der Waals surface area contributed by atoms with Crippen molar-refractivity contribution in [2.24, 2.45) is 0 Å². The number of carbonyl (C=O) groups excluding carboxylic acids is 2. The van der Waals surface area contributed by atoms with Gasteiger partial charge < -0.3 is 20.3 Å². The third-order valence-electron chi connectivity index (χ3n) is 17.2. The topological polar surface area (TPSA) is 95.9 Å². The molecule has 460 valence electrons. The Morgan fingerprint density at radius 3 is 0.792 bits per heavy atom. The zero-order chi connectivity index (χ0) is 55.7. The van der Waals surface area contributed by atoms with Gasteiger partial charge in [-0.25, -0.2) is 0 Å². The highest BCUT2D eigenvalue weighted by molar-refractivity contribution is 5.76. The van der Waals surface area contributed by atoms with E-state index in [1.165, 1.54) is 347 Å². The van der Waals surface area contributed by atoms with E-state index >= 15 is 0 Å². The zero-order valence-corrected chi connectivity index (χ0v) is 52.7. The summed E-state index contributed by atoms with van der Waals surface area (Å²) in [5.41, 5.74) is 0. The van der Waals surface area contributed by atoms with Crippen molar-refractivity contribution in [1.82, 2.24) is 5.32 Å². The number of rotatable bonds is 68. The van der Waals surface area contributed by atoms with Crippen LogP contribution in [0.3, 0.4) is 0 Å². The largest absolute Gasteiger partial charge is 0.466 e. The number of hydrogen-bond donors (Lipinski definition) is 3. The van der Waals surface area contributed by atoms with E-state index in [0.29, 0.717) is 25.9 Å². The number of unbranched alkanes of at least 4 members (excludes halogenated alkanes) is 57. The molecule has 6 heteroatoms. The lowest BCUT2D eigenvalue weighted by atomic mass is 10.0. The Hall–Kier alpha value is -1.14. The highest BCUT2D eigenvalue weighted by atomic mass is 16.5. The summed E-state index contributed by atoms with van der Waals surface area (Å²) in [6.07, 6.45) is 81.6. The molecule has 0 aromatic carbocycles. The maximum absolute atomic E-state index is 12.5. The van der Waals surface area contributed by atoms with E-state index in [9.17, 15) is 19.8 Å². The van der Waals surface area contributed by atoms with Gasteiger partial charge in [0.05, 0.1) is 25.4 Å². The fourth-order valence-corrected chi connectivity index (χ4v) is 11.7. The Labute approximate surface area is 483 Å². The molecule has 1 amide bonds. The Kier molecular flexibility index (Phi) is 66.4. The van der Waals surface area contributed by atoms with E-state index in [-0.39, 0.29) is 18.5 Å². The molecule has 0 aliphatic carbocycles. The van der Waals surface area contributed by atoms with Crippen LogP contribution in [-0.2, 0) is 14.3 Å². The summed E-state index contributed by atoms with van der Waals surface area (Å²) in [5.74, 6) is -0.00662. The van der Waals surface area contributed by atoms with Gasteiger partial charge in [0.15, 0.2) is 0 Å². The molecule has 0 aliphatic heterocycles. The maximum Gasteiger partial charge on any atom is 0.305 e. The number of ether oxygens (including phenoxy) is 1. The molecule has 0 aliphatic rings. The van der Waals surface area contributed by atoms with Crippen LogP contribution in [0.5, 0.6) is 0 Å². The van der Waals surface area contributed by atoms with E-state index in [2.05, 4.69) is 19.2 Å². The van der Waals surface area contributed by atoms with Gasteiger partial charge in [-0.1, -0.05) is 380 Å². The highest BCUT2D eigenvalue weighted by Crippen LogP contribution is 2.20. The van der Waals surface area contributed by atoms with E-state index in [1.807, 2.05) is 0 Å². The molecule has 0 radical (unpaired) electrons. The van der Waals surface area contributed by atoms with Crippen LogP contribution in [-0.4, -0.2) is 47.4 Å². The van der Waals surface area contributed by atoms with Crippen molar-refractivity contribution in [2.45, 2.75) is 431 Å². The smallest absolute Gasteiger partial charge is 0.305 e. The number of amides is 1. The summed E-state index contributed by atoms with van der Waals surface area (Å²) in [6.45, 7) is 5.00. The third-order valence-corrected chi connectivity index (χ3v) is 17.2. The number of esters is 1. The van der Waals surface area contributed by atoms with Crippen LogP contribution in [0.15, 0.2) is 0 Å². The predicted octanol–water partition coefficient (Wildman–Crippen LogP) is 23.0. The van der Waals surface area contributed by atoms with Crippen molar-refractivity contribution < 1.29 is 24.5 Å². The van der Waals surface area contributed by atoms with Gasteiger partial charge in [0.2, 0.25) is 5.91 Å². The Balaban J connectivity index is 3.34. The molecule has 0 heterocycles. The zero-order valence-electron chi connectivity index (χ0n) is 52.7. The molecule has 0 saturated carbocycles. The van der Waals surface area contributed by atoms with Crippen molar-refractivity contribution in [3.63, 3.8) is 0 Å². The first-order valence-electron chi connectivity index (χ1n) is 35.8. The van der Waals surface area contributed by atoms with Crippen LogP contribution >= 0.6 is 0 Å². The third kappa shape index (κ3) is 63.9. The van der Waals surface area contributed by atoms with E-state index in [0.717, 1.165) is 38.5 Å². The lowest BCUT2D eigenvalue weighted by molar-refractivity contribution is -0.143. The highest BCUT2D eigenvalue weighted by Gasteiger charge is 2.20. The van der Waals surface area contributed by atoms with Gasteiger partial charge in [0, 0.05) is 12.8 Å². The summed E-state index contributed by atoms with van der Waals surface area (Å²) in [6, 6.07) is -0.539. The van der Waals surface area contributed by atoms with Crippen molar-refractivity contribution in [2.75, 3.05) is 13.2 Å². The number of carbonyl (C=O) groups is 2. The minimum Gasteiger partial charge on any atom is -0.466 e. The monoisotopic (exact) mass is 1090 g/mol. The van der Waals surface area contributed by atoms with Crippen molar-refractivity contribution >= 4 is 11.9 Å².